The number of ether oxygens (including phenoxy) is 5. The van der Waals surface area contributed by atoms with E-state index in [0.29, 0.717) is 69.6 Å². The number of aliphatic hydroxyl groups is 1. The van der Waals surface area contributed by atoms with Gasteiger partial charge in [-0.2, -0.15) is 0 Å². The summed E-state index contributed by atoms with van der Waals surface area (Å²) in [6, 6.07) is 23.2. The van der Waals surface area contributed by atoms with Gasteiger partial charge in [0.25, 0.3) is 0 Å². The van der Waals surface area contributed by atoms with Crippen molar-refractivity contribution in [3.63, 3.8) is 0 Å². The van der Waals surface area contributed by atoms with E-state index in [4.69, 9.17) is 34.4 Å². The zero-order chi connectivity index (χ0) is 52.0. The van der Waals surface area contributed by atoms with Crippen molar-refractivity contribution in [1.82, 2.24) is 20.2 Å². The SMILES string of the molecule is C/C(=C\C=C\c1scnc1C)CNC=O.CC(C)(C)CC(=O)N1CCC(O)C1.COc1ccc(-c2cc(-c3ccc(OCCOCCOCCC(N)=O)cc3)nc3c2CC(=O)Nc2ccccc2-3)cc1OC. The van der Waals surface area contributed by atoms with Crippen LogP contribution in [-0.2, 0) is 35.1 Å². The van der Waals surface area contributed by atoms with Crippen LogP contribution in [0.15, 0.2) is 96.0 Å². The van der Waals surface area contributed by atoms with Crippen LogP contribution >= 0.6 is 11.3 Å². The van der Waals surface area contributed by atoms with E-state index in [9.17, 15) is 24.3 Å². The van der Waals surface area contributed by atoms with E-state index >= 15 is 0 Å². The van der Waals surface area contributed by atoms with Gasteiger partial charge in [-0.3, -0.25) is 19.2 Å². The first-order valence-corrected chi connectivity index (χ1v) is 24.7. The number of nitrogens with one attached hydrogen (secondary N) is 2. The van der Waals surface area contributed by atoms with Gasteiger partial charge in [0.05, 0.1) is 81.5 Å². The number of aromatic nitrogens is 2. The summed E-state index contributed by atoms with van der Waals surface area (Å²) >= 11 is 1.62. The van der Waals surface area contributed by atoms with Crippen molar-refractivity contribution < 1.29 is 48.0 Å². The summed E-state index contributed by atoms with van der Waals surface area (Å²) in [5.74, 6) is 1.59. The summed E-state index contributed by atoms with van der Waals surface area (Å²) in [4.78, 5) is 57.6. The maximum absolute atomic E-state index is 13.0. The number of para-hydroxylation sites is 1. The number of nitrogens with zero attached hydrogens (tertiary/aromatic N) is 3. The Hall–Kier alpha value is -6.92. The highest BCUT2D eigenvalue weighted by atomic mass is 32.1. The minimum Gasteiger partial charge on any atom is -0.493 e. The van der Waals surface area contributed by atoms with E-state index < -0.39 is 0 Å². The molecule has 2 aliphatic rings. The number of pyridine rings is 1. The lowest BCUT2D eigenvalue weighted by Gasteiger charge is -2.22. The molecule has 384 valence electrons. The van der Waals surface area contributed by atoms with Gasteiger partial charge in [-0.05, 0) is 97.0 Å². The number of aliphatic hydroxyl groups excluding tert-OH is 1. The van der Waals surface area contributed by atoms with Crippen LogP contribution in [0.5, 0.6) is 17.2 Å². The Labute approximate surface area is 426 Å². The number of allylic oxidation sites excluding steroid dienone is 2. The molecule has 2 aliphatic heterocycles. The van der Waals surface area contributed by atoms with Gasteiger partial charge < -0.3 is 50.1 Å². The molecule has 4 heterocycles. The topological polar surface area (TPSA) is 214 Å². The van der Waals surface area contributed by atoms with Gasteiger partial charge in [-0.25, -0.2) is 9.97 Å². The van der Waals surface area contributed by atoms with Crippen LogP contribution in [0.3, 0.4) is 0 Å². The van der Waals surface area contributed by atoms with E-state index in [-0.39, 0.29) is 48.7 Å². The number of methoxy groups -OCH3 is 2. The van der Waals surface area contributed by atoms with Gasteiger partial charge in [0.2, 0.25) is 24.1 Å². The van der Waals surface area contributed by atoms with Crippen LogP contribution in [0, 0.1) is 12.3 Å². The third kappa shape index (κ3) is 17.7. The monoisotopic (exact) mass is 1000 g/mol. The third-order valence-electron chi connectivity index (χ3n) is 11.2. The number of likely N-dealkylation sites (tertiary alicyclic amines) is 1. The Morgan fingerprint density at radius 2 is 1.65 bits per heavy atom. The fraction of sp³-hybridized carbons (Fsp3) is 0.382. The van der Waals surface area contributed by atoms with Crippen LogP contribution in [0.25, 0.3) is 39.7 Å². The minimum absolute atomic E-state index is 0.0463. The van der Waals surface area contributed by atoms with Crippen LogP contribution in [0.1, 0.15) is 63.1 Å². The van der Waals surface area contributed by atoms with Crippen LogP contribution in [-0.4, -0.2) is 117 Å². The summed E-state index contributed by atoms with van der Waals surface area (Å²) in [7, 11) is 3.20. The Kier molecular flexibility index (Phi) is 21.9. The summed E-state index contributed by atoms with van der Waals surface area (Å²) < 4.78 is 27.7. The molecule has 2 aromatic heterocycles. The highest BCUT2D eigenvalue weighted by molar-refractivity contribution is 7.10. The summed E-state index contributed by atoms with van der Waals surface area (Å²) in [5.41, 5.74) is 15.7. The Balaban J connectivity index is 0.000000278. The standard InChI is InChI=1S/C34H35N3O7.C11H14N2OS.C10H19NO2/c1-40-30-12-9-23(19-31(30)41-2)26-20-29(37-34-25-5-3-4-6-28(25)36-33(39)21-27(26)34)22-7-10-24(11-8-22)44-18-17-43-16-15-42-14-13-32(35)38;1-9(6-12-7-14)4-3-5-11-10(2)13-8-15-11;1-10(2,3)6-9(13)11-5-4-8(12)7-11/h3-12,19-20H,13-18,21H2,1-2H3,(H2,35,38)(H,36,39);3-5,7-8H,6H2,1-2H3,(H,12,14);8,12H,4-7H2,1-3H3/b;5-3+,9-4+;. The van der Waals surface area contributed by atoms with Crippen molar-refractivity contribution >= 4 is 47.2 Å². The van der Waals surface area contributed by atoms with Gasteiger partial charge >= 0.3 is 0 Å². The molecule has 0 saturated carbocycles. The zero-order valence-electron chi connectivity index (χ0n) is 42.3. The number of carbonyl (C=O) groups excluding carboxylic acids is 4. The predicted molar refractivity (Wildman–Crippen MR) is 282 cm³/mol. The fourth-order valence-electron chi connectivity index (χ4n) is 7.54. The van der Waals surface area contributed by atoms with Crippen molar-refractivity contribution in [3.05, 3.63) is 112 Å². The van der Waals surface area contributed by atoms with E-state index in [2.05, 4.69) is 36.4 Å². The van der Waals surface area contributed by atoms with Crippen LogP contribution < -0.4 is 30.6 Å². The van der Waals surface area contributed by atoms with E-state index in [1.54, 1.807) is 30.5 Å². The van der Waals surface area contributed by atoms with Crippen molar-refractivity contribution in [2.75, 3.05) is 72.2 Å². The zero-order valence-corrected chi connectivity index (χ0v) is 43.1. The molecule has 1 fully saturated rings. The molecule has 5 N–H and O–H groups in total. The summed E-state index contributed by atoms with van der Waals surface area (Å²) in [5, 5.41) is 14.9. The Bertz CT molecular complexity index is 2640. The first kappa shape index (κ1) is 56.0. The van der Waals surface area contributed by atoms with E-state index in [1.807, 2.05) is 110 Å². The lowest BCUT2D eigenvalue weighted by atomic mass is 9.92. The smallest absolute Gasteiger partial charge is 0.228 e. The van der Waals surface area contributed by atoms with E-state index in [1.165, 1.54) is 4.88 Å². The van der Waals surface area contributed by atoms with Gasteiger partial charge in [0.1, 0.15) is 12.4 Å². The second kappa shape index (κ2) is 28.2. The average molecular weight is 1010 g/mol. The molecule has 0 bridgehead atoms. The number of aryl methyl sites for hydroxylation is 1. The third-order valence-corrected chi connectivity index (χ3v) is 12.1. The number of hydrogen-bond acceptors (Lipinski definition) is 13. The number of anilines is 1. The van der Waals surface area contributed by atoms with Crippen molar-refractivity contribution in [1.29, 1.82) is 0 Å². The number of fused-ring (bicyclic) bond motifs is 3. The fourth-order valence-corrected chi connectivity index (χ4v) is 8.24. The molecule has 17 heteroatoms. The number of rotatable bonds is 20. The van der Waals surface area contributed by atoms with Gasteiger partial charge in [0.15, 0.2) is 11.5 Å². The molecule has 1 saturated heterocycles. The summed E-state index contributed by atoms with van der Waals surface area (Å²) in [6.45, 7) is 13.8. The number of benzene rings is 3. The maximum Gasteiger partial charge on any atom is 0.228 e. The lowest BCUT2D eigenvalue weighted by Crippen LogP contribution is -2.32. The molecule has 4 amide bonds. The number of thiazole rings is 1. The average Bonchev–Trinajstić information content (AvgIpc) is 3.96. The molecule has 0 radical (unpaired) electrons. The highest BCUT2D eigenvalue weighted by Crippen LogP contribution is 2.42. The molecule has 72 heavy (non-hydrogen) atoms. The molecule has 1 atom stereocenters. The molecule has 1 unspecified atom stereocenters. The number of primary amides is 1. The number of amides is 4. The van der Waals surface area contributed by atoms with Gasteiger partial charge in [0, 0.05) is 48.5 Å². The number of hydrogen-bond donors (Lipinski definition) is 4. The maximum atomic E-state index is 13.0. The van der Waals surface area contributed by atoms with Crippen LogP contribution in [0.2, 0.25) is 0 Å². The number of β-amino-alcohol motifs (C(OH)–C–C–N with tert-alkyl or cyclic N) is 1. The predicted octanol–water partition coefficient (Wildman–Crippen LogP) is 8.05. The van der Waals surface area contributed by atoms with Crippen molar-refractivity contribution in [3.8, 4) is 50.9 Å². The summed E-state index contributed by atoms with van der Waals surface area (Å²) in [6.07, 6.45) is 8.06. The molecule has 0 aliphatic carbocycles. The first-order chi connectivity index (χ1) is 34.6. The molecule has 5 aromatic rings. The minimum atomic E-state index is -0.388. The molecular formula is C55H68N6O10S. The molecule has 3 aromatic carbocycles. The highest BCUT2D eigenvalue weighted by Gasteiger charge is 2.28. The molecule has 0 spiro atoms. The second-order valence-corrected chi connectivity index (χ2v) is 19.1. The molecule has 7 rings (SSSR count). The molecular weight excluding hydrogens is 937 g/mol. The normalized spacial score (nSPS) is 14.1. The Morgan fingerprint density at radius 1 is 0.944 bits per heavy atom. The first-order valence-electron chi connectivity index (χ1n) is 23.8. The molecule has 16 nitrogen and oxygen atoms in total. The van der Waals surface area contributed by atoms with Crippen molar-refractivity contribution in [2.45, 2.75) is 66.4 Å². The Morgan fingerprint density at radius 3 is 2.31 bits per heavy atom. The van der Waals surface area contributed by atoms with Crippen molar-refractivity contribution in [2.24, 2.45) is 11.1 Å². The number of nitrogens with two attached hydrogens (primary N) is 1. The second-order valence-electron chi connectivity index (χ2n) is 18.2. The lowest BCUT2D eigenvalue weighted by molar-refractivity contribution is -0.132. The van der Waals surface area contributed by atoms with E-state index in [0.717, 1.165) is 69.1 Å². The van der Waals surface area contributed by atoms with Gasteiger partial charge in [-0.1, -0.05) is 62.8 Å². The quantitative estimate of drug-likeness (QED) is 0.0331. The van der Waals surface area contributed by atoms with Gasteiger partial charge in [-0.15, -0.1) is 11.3 Å². The largest absolute Gasteiger partial charge is 0.493 e. The van der Waals surface area contributed by atoms with Crippen LogP contribution in [0.4, 0.5) is 5.69 Å². The number of carbonyl (C=O) groups is 4.